The molecule has 2 aromatic carbocycles. The first-order valence-corrected chi connectivity index (χ1v) is 12.7. The molecule has 0 radical (unpaired) electrons. The Morgan fingerprint density at radius 1 is 1.03 bits per heavy atom. The third kappa shape index (κ3) is 3.66. The molecule has 3 aliphatic rings. The maximum Gasteiger partial charge on any atom is 0.243 e. The zero-order valence-electron chi connectivity index (χ0n) is 17.9. The maximum atomic E-state index is 13.4. The molecule has 6 heteroatoms. The summed E-state index contributed by atoms with van der Waals surface area (Å²) in [4.78, 5) is 0.392. The summed E-state index contributed by atoms with van der Waals surface area (Å²) in [6.45, 7) is 0. The van der Waals surface area contributed by atoms with Gasteiger partial charge in [0.15, 0.2) is 0 Å². The van der Waals surface area contributed by atoms with E-state index in [9.17, 15) is 13.5 Å². The third-order valence-electron chi connectivity index (χ3n) is 7.35. The monoisotopic (exact) mass is 438 g/mol. The number of aromatic hydroxyl groups is 1. The van der Waals surface area contributed by atoms with Gasteiger partial charge in [0.1, 0.15) is 5.75 Å². The van der Waals surface area contributed by atoms with Crippen molar-refractivity contribution in [3.63, 3.8) is 0 Å². The third-order valence-corrected chi connectivity index (χ3v) is 9.26. The molecule has 2 aromatic rings. The quantitative estimate of drug-likeness (QED) is 0.646. The number of sulfonamides is 1. The molecule has 0 amide bonds. The number of hydrogen-bond acceptors (Lipinski definition) is 4. The first-order chi connectivity index (χ1) is 14.9. The van der Waals surface area contributed by atoms with Crippen molar-refractivity contribution >= 4 is 15.7 Å². The van der Waals surface area contributed by atoms with E-state index in [1.807, 2.05) is 24.3 Å². The highest BCUT2D eigenvalue weighted by Gasteiger charge is 2.39. The highest BCUT2D eigenvalue weighted by Crippen LogP contribution is 2.50. The molecule has 5 rings (SSSR count). The van der Waals surface area contributed by atoms with Crippen LogP contribution < -0.4 is 5.32 Å². The van der Waals surface area contributed by atoms with Crippen LogP contribution in [-0.2, 0) is 10.0 Å². The molecule has 1 saturated carbocycles. The summed E-state index contributed by atoms with van der Waals surface area (Å²) >= 11 is 0. The molecule has 0 bridgehead atoms. The van der Waals surface area contributed by atoms with Gasteiger partial charge in [-0.15, -0.1) is 0 Å². The van der Waals surface area contributed by atoms with Crippen molar-refractivity contribution in [3.05, 3.63) is 65.7 Å². The second-order valence-electron chi connectivity index (χ2n) is 9.13. The molecule has 3 atom stereocenters. The van der Waals surface area contributed by atoms with Crippen LogP contribution in [0, 0.1) is 5.92 Å². The van der Waals surface area contributed by atoms with Gasteiger partial charge in [0, 0.05) is 24.7 Å². The Kier molecular flexibility index (Phi) is 5.30. The molecule has 0 spiro atoms. The average molecular weight is 439 g/mol. The molecule has 2 aliphatic carbocycles. The van der Waals surface area contributed by atoms with E-state index >= 15 is 0 Å². The normalized spacial score (nSPS) is 25.8. The largest absolute Gasteiger partial charge is 0.508 e. The topological polar surface area (TPSA) is 69.6 Å². The summed E-state index contributed by atoms with van der Waals surface area (Å²) in [6, 6.07) is 13.2. The van der Waals surface area contributed by atoms with Crippen molar-refractivity contribution in [2.24, 2.45) is 5.92 Å². The zero-order chi connectivity index (χ0) is 21.6. The molecule has 31 heavy (non-hydrogen) atoms. The average Bonchev–Trinajstić information content (AvgIpc) is 3.29. The molecule has 0 aromatic heterocycles. The van der Waals surface area contributed by atoms with Crippen LogP contribution in [0.25, 0.3) is 0 Å². The van der Waals surface area contributed by atoms with Crippen molar-refractivity contribution < 1.29 is 13.5 Å². The number of anilines is 1. The van der Waals surface area contributed by atoms with E-state index in [-0.39, 0.29) is 23.8 Å². The number of benzene rings is 2. The molecule has 2 N–H and O–H groups in total. The SMILES string of the molecule is CN(C1CCCCC1)S(=O)(=O)c1ccc2c(c1)C1C=CCC1C(c1ccc(O)cc1)N2. The molecule has 1 heterocycles. The number of nitrogens with one attached hydrogen (secondary N) is 1. The Hall–Kier alpha value is -2.31. The predicted molar refractivity (Wildman–Crippen MR) is 123 cm³/mol. The summed E-state index contributed by atoms with van der Waals surface area (Å²) in [6.07, 6.45) is 10.7. The van der Waals surface area contributed by atoms with Gasteiger partial charge >= 0.3 is 0 Å². The fourth-order valence-electron chi connectivity index (χ4n) is 5.55. The summed E-state index contributed by atoms with van der Waals surface area (Å²) in [5.41, 5.74) is 3.19. The predicted octanol–water partition coefficient (Wildman–Crippen LogP) is 5.17. The molecule has 5 nitrogen and oxygen atoms in total. The molecule has 164 valence electrons. The number of fused-ring (bicyclic) bond motifs is 3. The summed E-state index contributed by atoms with van der Waals surface area (Å²) in [5, 5.41) is 13.3. The van der Waals surface area contributed by atoms with Crippen LogP contribution >= 0.6 is 0 Å². The van der Waals surface area contributed by atoms with Gasteiger partial charge < -0.3 is 10.4 Å². The van der Waals surface area contributed by atoms with Gasteiger partial charge in [0.05, 0.1) is 10.9 Å². The number of phenolic OH excluding ortho intramolecular Hbond substituents is 1. The number of rotatable bonds is 4. The van der Waals surface area contributed by atoms with Gasteiger partial charge in [-0.3, -0.25) is 0 Å². The Bertz CT molecular complexity index is 1090. The van der Waals surface area contributed by atoms with Crippen LogP contribution in [0.1, 0.15) is 61.6 Å². The molecule has 0 saturated heterocycles. The Labute approximate surface area is 184 Å². The lowest BCUT2D eigenvalue weighted by molar-refractivity contribution is 0.286. The van der Waals surface area contributed by atoms with Gasteiger partial charge in [0.25, 0.3) is 0 Å². The van der Waals surface area contributed by atoms with Crippen LogP contribution in [0.4, 0.5) is 5.69 Å². The minimum absolute atomic E-state index is 0.103. The van der Waals surface area contributed by atoms with Gasteiger partial charge in [-0.2, -0.15) is 4.31 Å². The Morgan fingerprint density at radius 3 is 2.52 bits per heavy atom. The second-order valence-corrected chi connectivity index (χ2v) is 11.1. The zero-order valence-corrected chi connectivity index (χ0v) is 18.7. The van der Waals surface area contributed by atoms with E-state index in [0.717, 1.165) is 48.9 Å². The van der Waals surface area contributed by atoms with Crippen molar-refractivity contribution in [1.82, 2.24) is 4.31 Å². The van der Waals surface area contributed by atoms with Crippen LogP contribution in [0.15, 0.2) is 59.5 Å². The highest BCUT2D eigenvalue weighted by atomic mass is 32.2. The van der Waals surface area contributed by atoms with Crippen molar-refractivity contribution in [2.45, 2.75) is 61.4 Å². The lowest BCUT2D eigenvalue weighted by atomic mass is 9.77. The van der Waals surface area contributed by atoms with Gasteiger partial charge in [-0.05, 0) is 66.6 Å². The van der Waals surface area contributed by atoms with E-state index in [0.29, 0.717) is 10.8 Å². The van der Waals surface area contributed by atoms with E-state index in [1.54, 1.807) is 29.6 Å². The van der Waals surface area contributed by atoms with Crippen molar-refractivity contribution in [2.75, 3.05) is 12.4 Å². The summed E-state index contributed by atoms with van der Waals surface area (Å²) in [5.74, 6) is 0.772. The minimum Gasteiger partial charge on any atom is -0.508 e. The molecular weight excluding hydrogens is 408 g/mol. The lowest BCUT2D eigenvalue weighted by Crippen LogP contribution is -2.38. The second kappa shape index (κ2) is 7.99. The minimum atomic E-state index is -3.52. The molecule has 1 aliphatic heterocycles. The highest BCUT2D eigenvalue weighted by molar-refractivity contribution is 7.89. The molecule has 3 unspecified atom stereocenters. The van der Waals surface area contributed by atoms with Crippen LogP contribution in [0.2, 0.25) is 0 Å². The Balaban J connectivity index is 1.47. The Morgan fingerprint density at radius 2 is 1.77 bits per heavy atom. The first kappa shape index (κ1) is 20.6. The standard InChI is InChI=1S/C25H30N2O3S/c1-27(18-6-3-2-4-7-18)31(29,30)20-14-15-24-23(16-20)21-8-5-9-22(21)25(26-24)17-10-12-19(28)13-11-17/h5,8,10-16,18,21-22,25-26,28H,2-4,6-7,9H2,1H3. The smallest absolute Gasteiger partial charge is 0.243 e. The number of nitrogens with zero attached hydrogens (tertiary/aromatic N) is 1. The number of phenols is 1. The first-order valence-electron chi connectivity index (χ1n) is 11.3. The fourth-order valence-corrected chi connectivity index (χ4v) is 7.00. The van der Waals surface area contributed by atoms with Crippen LogP contribution in [-0.4, -0.2) is 30.9 Å². The van der Waals surface area contributed by atoms with E-state index in [1.165, 1.54) is 6.42 Å². The maximum absolute atomic E-state index is 13.4. The molecule has 1 fully saturated rings. The van der Waals surface area contributed by atoms with E-state index < -0.39 is 10.0 Å². The molecular formula is C25H30N2O3S. The van der Waals surface area contributed by atoms with Gasteiger partial charge in [0.2, 0.25) is 10.0 Å². The van der Waals surface area contributed by atoms with Crippen molar-refractivity contribution in [1.29, 1.82) is 0 Å². The summed E-state index contributed by atoms with van der Waals surface area (Å²) < 4.78 is 28.4. The summed E-state index contributed by atoms with van der Waals surface area (Å²) in [7, 11) is -1.78. The van der Waals surface area contributed by atoms with Gasteiger partial charge in [-0.25, -0.2) is 8.42 Å². The van der Waals surface area contributed by atoms with E-state index in [4.69, 9.17) is 0 Å². The number of allylic oxidation sites excluding steroid dienone is 2. The van der Waals surface area contributed by atoms with Gasteiger partial charge in [-0.1, -0.05) is 43.5 Å². The fraction of sp³-hybridized carbons (Fsp3) is 0.440. The van der Waals surface area contributed by atoms with Crippen LogP contribution in [0.5, 0.6) is 5.75 Å². The van der Waals surface area contributed by atoms with Crippen molar-refractivity contribution in [3.8, 4) is 5.75 Å². The van der Waals surface area contributed by atoms with Crippen LogP contribution in [0.3, 0.4) is 0 Å². The van der Waals surface area contributed by atoms with E-state index in [2.05, 4.69) is 17.5 Å². The number of hydrogen-bond donors (Lipinski definition) is 2. The lowest BCUT2D eigenvalue weighted by Gasteiger charge is -2.38.